The zero-order valence-corrected chi connectivity index (χ0v) is 15.8. The Labute approximate surface area is 158 Å². The van der Waals surface area contributed by atoms with Crippen LogP contribution in [0.2, 0.25) is 0 Å². The number of likely N-dealkylation sites (N-methyl/N-ethyl adjacent to an activating group) is 1. The van der Waals surface area contributed by atoms with Crippen molar-refractivity contribution in [1.29, 1.82) is 0 Å². The van der Waals surface area contributed by atoms with Gasteiger partial charge in [-0.3, -0.25) is 9.59 Å². The molecular weight excluding hydrogens is 338 g/mol. The number of aromatic nitrogens is 2. The number of hydrogen-bond donors (Lipinski definition) is 0. The first-order valence-electron chi connectivity index (χ1n) is 8.98. The van der Waals surface area contributed by atoms with E-state index in [1.165, 1.54) is 10.7 Å². The van der Waals surface area contributed by atoms with Crippen molar-refractivity contribution in [2.24, 2.45) is 0 Å². The van der Waals surface area contributed by atoms with E-state index in [-0.39, 0.29) is 11.5 Å². The van der Waals surface area contributed by atoms with Crippen molar-refractivity contribution in [3.63, 3.8) is 0 Å². The quantitative estimate of drug-likeness (QED) is 0.696. The minimum atomic E-state index is -1.13. The fraction of sp³-hybridized carbons (Fsp3) is 0.227. The fourth-order valence-electron chi connectivity index (χ4n) is 3.05. The van der Waals surface area contributed by atoms with Crippen molar-refractivity contribution in [2.75, 3.05) is 11.4 Å². The van der Waals surface area contributed by atoms with Crippen LogP contribution in [-0.2, 0) is 10.3 Å². The first-order chi connectivity index (χ1) is 12.9. The van der Waals surface area contributed by atoms with Gasteiger partial charge in [0, 0.05) is 23.9 Å². The van der Waals surface area contributed by atoms with Gasteiger partial charge in [0.1, 0.15) is 5.54 Å². The second-order valence-electron chi connectivity index (χ2n) is 6.78. The minimum absolute atomic E-state index is 0.184. The Bertz CT molecular complexity index is 979. The highest BCUT2D eigenvalue weighted by atomic mass is 16.2. The molecule has 0 saturated heterocycles. The number of hydrogen-bond acceptors (Lipinski definition) is 3. The molecule has 3 aromatic rings. The summed E-state index contributed by atoms with van der Waals surface area (Å²) in [5.74, 6) is -0.184. The van der Waals surface area contributed by atoms with Gasteiger partial charge in [0.15, 0.2) is 0 Å². The van der Waals surface area contributed by atoms with Crippen molar-refractivity contribution < 1.29 is 4.79 Å². The highest BCUT2D eigenvalue weighted by Gasteiger charge is 2.36. The summed E-state index contributed by atoms with van der Waals surface area (Å²) in [4.78, 5) is 27.5. The number of carbonyl (C=O) groups is 1. The molecule has 138 valence electrons. The highest BCUT2D eigenvalue weighted by Crippen LogP contribution is 2.23. The van der Waals surface area contributed by atoms with Gasteiger partial charge in [-0.15, -0.1) is 0 Å². The lowest BCUT2D eigenvalue weighted by atomic mass is 10.0. The summed E-state index contributed by atoms with van der Waals surface area (Å²) in [7, 11) is 0. The molecule has 3 rings (SSSR count). The summed E-state index contributed by atoms with van der Waals surface area (Å²) < 4.78 is 1.28. The van der Waals surface area contributed by atoms with E-state index in [1.54, 1.807) is 24.8 Å². The average Bonchev–Trinajstić information content (AvgIpc) is 2.70. The van der Waals surface area contributed by atoms with E-state index in [0.29, 0.717) is 12.2 Å². The van der Waals surface area contributed by atoms with Gasteiger partial charge in [-0.25, -0.2) is 4.68 Å². The minimum Gasteiger partial charge on any atom is -0.311 e. The fourth-order valence-corrected chi connectivity index (χ4v) is 3.05. The average molecular weight is 361 g/mol. The summed E-state index contributed by atoms with van der Waals surface area (Å²) >= 11 is 0. The van der Waals surface area contributed by atoms with E-state index in [1.807, 2.05) is 67.6 Å². The molecule has 27 heavy (non-hydrogen) atoms. The predicted molar refractivity (Wildman–Crippen MR) is 108 cm³/mol. The van der Waals surface area contributed by atoms with Crippen LogP contribution < -0.4 is 10.5 Å². The molecule has 0 atom stereocenters. The molecule has 0 N–H and O–H groups in total. The molecule has 5 heteroatoms. The molecular formula is C22H23N3O2. The van der Waals surface area contributed by atoms with Crippen LogP contribution >= 0.6 is 0 Å². The van der Waals surface area contributed by atoms with E-state index >= 15 is 0 Å². The van der Waals surface area contributed by atoms with Gasteiger partial charge in [-0.1, -0.05) is 48.5 Å². The zero-order valence-electron chi connectivity index (χ0n) is 15.8. The van der Waals surface area contributed by atoms with Gasteiger partial charge in [-0.2, -0.15) is 5.10 Å². The lowest BCUT2D eigenvalue weighted by Gasteiger charge is -2.32. The Morgan fingerprint density at radius 2 is 1.56 bits per heavy atom. The largest absolute Gasteiger partial charge is 0.311 e. The molecule has 2 aromatic carbocycles. The van der Waals surface area contributed by atoms with Crippen molar-refractivity contribution in [3.8, 4) is 11.3 Å². The predicted octanol–water partition coefficient (Wildman–Crippen LogP) is 3.70. The third-order valence-electron chi connectivity index (χ3n) is 4.55. The third-order valence-corrected chi connectivity index (χ3v) is 4.55. The number of anilines is 1. The first kappa shape index (κ1) is 18.6. The summed E-state index contributed by atoms with van der Waals surface area (Å²) in [5.41, 5.74) is 0.902. The Balaban J connectivity index is 2.03. The summed E-state index contributed by atoms with van der Waals surface area (Å²) in [6.45, 7) is 5.87. The van der Waals surface area contributed by atoms with Crippen LogP contribution in [0, 0.1) is 0 Å². The third kappa shape index (κ3) is 3.67. The normalized spacial score (nSPS) is 11.2. The van der Waals surface area contributed by atoms with Crippen LogP contribution in [0.1, 0.15) is 20.8 Å². The molecule has 0 saturated carbocycles. The Hall–Kier alpha value is -3.21. The van der Waals surface area contributed by atoms with Crippen molar-refractivity contribution >= 4 is 11.6 Å². The topological polar surface area (TPSA) is 55.2 Å². The Morgan fingerprint density at radius 1 is 0.963 bits per heavy atom. The van der Waals surface area contributed by atoms with E-state index in [4.69, 9.17) is 0 Å². The lowest BCUT2D eigenvalue weighted by molar-refractivity contribution is -0.126. The summed E-state index contributed by atoms with van der Waals surface area (Å²) in [5, 5.41) is 4.50. The van der Waals surface area contributed by atoms with Crippen LogP contribution in [0.15, 0.2) is 77.6 Å². The molecule has 0 aliphatic heterocycles. The van der Waals surface area contributed by atoms with Gasteiger partial charge in [0.2, 0.25) is 0 Å². The maximum Gasteiger partial charge on any atom is 0.267 e. The second-order valence-corrected chi connectivity index (χ2v) is 6.78. The monoisotopic (exact) mass is 361 g/mol. The van der Waals surface area contributed by atoms with Crippen LogP contribution in [0.25, 0.3) is 11.3 Å². The molecule has 0 fully saturated rings. The van der Waals surface area contributed by atoms with Crippen molar-refractivity contribution in [2.45, 2.75) is 26.3 Å². The Morgan fingerprint density at radius 3 is 2.15 bits per heavy atom. The molecule has 0 unspecified atom stereocenters. The number of amides is 1. The van der Waals surface area contributed by atoms with Gasteiger partial charge >= 0.3 is 0 Å². The molecule has 1 aromatic heterocycles. The number of carbonyl (C=O) groups excluding carboxylic acids is 1. The van der Waals surface area contributed by atoms with Crippen molar-refractivity contribution in [3.05, 3.63) is 83.2 Å². The van der Waals surface area contributed by atoms with E-state index in [2.05, 4.69) is 5.10 Å². The van der Waals surface area contributed by atoms with Crippen LogP contribution in [0.5, 0.6) is 0 Å². The molecule has 0 aliphatic carbocycles. The SMILES string of the molecule is CCN(C(=O)C(C)(C)n1nc(-c2ccccc2)ccc1=O)c1ccccc1. The van der Waals surface area contributed by atoms with Gasteiger partial charge in [0.25, 0.3) is 11.5 Å². The maximum absolute atomic E-state index is 13.3. The number of benzene rings is 2. The van der Waals surface area contributed by atoms with Crippen LogP contribution in [0.4, 0.5) is 5.69 Å². The molecule has 5 nitrogen and oxygen atoms in total. The smallest absolute Gasteiger partial charge is 0.267 e. The van der Waals surface area contributed by atoms with Gasteiger partial charge in [0.05, 0.1) is 5.69 Å². The second kappa shape index (κ2) is 7.58. The highest BCUT2D eigenvalue weighted by molar-refractivity contribution is 5.98. The maximum atomic E-state index is 13.3. The number of nitrogens with zero attached hydrogens (tertiary/aromatic N) is 3. The summed E-state index contributed by atoms with van der Waals surface area (Å²) in [6, 6.07) is 22.2. The van der Waals surface area contributed by atoms with Crippen molar-refractivity contribution in [1.82, 2.24) is 9.78 Å². The van der Waals surface area contributed by atoms with Gasteiger partial charge in [-0.05, 0) is 39.0 Å². The Kier molecular flexibility index (Phi) is 5.21. The lowest BCUT2D eigenvalue weighted by Crippen LogP contribution is -2.51. The van der Waals surface area contributed by atoms with Crippen LogP contribution in [0.3, 0.4) is 0 Å². The zero-order chi connectivity index (χ0) is 19.4. The van der Waals surface area contributed by atoms with E-state index < -0.39 is 5.54 Å². The standard InChI is InChI=1S/C22H23N3O2/c1-4-24(18-13-9-6-10-14-18)21(27)22(2,3)25-20(26)16-15-19(23-25)17-11-7-5-8-12-17/h5-16H,4H2,1-3H3. The summed E-state index contributed by atoms with van der Waals surface area (Å²) in [6.07, 6.45) is 0. The molecule has 0 spiro atoms. The molecule has 1 amide bonds. The first-order valence-corrected chi connectivity index (χ1v) is 8.98. The van der Waals surface area contributed by atoms with E-state index in [9.17, 15) is 9.59 Å². The molecule has 1 heterocycles. The van der Waals surface area contributed by atoms with E-state index in [0.717, 1.165) is 11.3 Å². The van der Waals surface area contributed by atoms with Crippen LogP contribution in [-0.4, -0.2) is 22.2 Å². The number of rotatable bonds is 5. The van der Waals surface area contributed by atoms with Gasteiger partial charge < -0.3 is 4.90 Å². The number of para-hydroxylation sites is 1. The molecule has 0 bridgehead atoms. The molecule has 0 aliphatic rings. The molecule has 0 radical (unpaired) electrons.